The zero-order chi connectivity index (χ0) is 18.6. The highest BCUT2D eigenvalue weighted by Gasteiger charge is 2.47. The van der Waals surface area contributed by atoms with E-state index in [0.717, 1.165) is 29.7 Å². The first-order valence-electron chi connectivity index (χ1n) is 8.77. The molecule has 0 aliphatic carbocycles. The molecule has 7 nitrogen and oxygen atoms in total. The molecule has 2 atom stereocenters. The van der Waals surface area contributed by atoms with Crippen molar-refractivity contribution in [2.75, 3.05) is 18.0 Å². The predicted molar refractivity (Wildman–Crippen MR) is 99.6 cm³/mol. The van der Waals surface area contributed by atoms with Crippen LogP contribution in [-0.4, -0.2) is 56.7 Å². The Hall–Kier alpha value is -2.15. The summed E-state index contributed by atoms with van der Waals surface area (Å²) in [6, 6.07) is 2.33. The maximum Gasteiger partial charge on any atom is 0.410 e. The second kappa shape index (κ2) is 5.94. The molecule has 2 aliphatic rings. The summed E-state index contributed by atoms with van der Waals surface area (Å²) in [6.45, 7) is 8.86. The van der Waals surface area contributed by atoms with Gasteiger partial charge >= 0.3 is 6.09 Å². The molecule has 0 spiro atoms. The molecular formula is C18H22ClN5O2. The third-order valence-corrected chi connectivity index (χ3v) is 5.08. The second-order valence-corrected chi connectivity index (χ2v) is 8.31. The molecule has 2 fully saturated rings. The first-order chi connectivity index (χ1) is 12.2. The molecule has 4 rings (SSSR count). The van der Waals surface area contributed by atoms with Crippen LogP contribution in [0.1, 0.15) is 33.0 Å². The van der Waals surface area contributed by atoms with Gasteiger partial charge in [0.15, 0.2) is 0 Å². The standard InChI is InChI=1S/C18H22ClN5O2/c1-10-21-14-7-20-15(6-13(14)16(19)22-10)23-8-12-5-11(23)9-24(12)17(25)26-18(2,3)4/h6-7,11-12H,5,8-9H2,1-4H3/t11-,12-/m0/s1. The Labute approximate surface area is 157 Å². The largest absolute Gasteiger partial charge is 0.444 e. The number of pyridine rings is 1. The number of carbonyl (C=O) groups is 1. The lowest BCUT2D eigenvalue weighted by atomic mass is 10.2. The lowest BCUT2D eigenvalue weighted by Gasteiger charge is -2.35. The number of anilines is 1. The van der Waals surface area contributed by atoms with E-state index in [1.54, 1.807) is 6.20 Å². The number of ether oxygens (including phenoxy) is 1. The van der Waals surface area contributed by atoms with E-state index >= 15 is 0 Å². The van der Waals surface area contributed by atoms with Gasteiger partial charge < -0.3 is 14.5 Å². The van der Waals surface area contributed by atoms with Gasteiger partial charge in [-0.05, 0) is 40.2 Å². The zero-order valence-corrected chi connectivity index (χ0v) is 16.1. The Balaban J connectivity index is 1.54. The number of rotatable bonds is 1. The van der Waals surface area contributed by atoms with Gasteiger partial charge in [0.1, 0.15) is 22.4 Å². The van der Waals surface area contributed by atoms with Crippen LogP contribution in [0.5, 0.6) is 0 Å². The summed E-state index contributed by atoms with van der Waals surface area (Å²) in [5, 5.41) is 1.24. The molecule has 138 valence electrons. The number of nitrogens with zero attached hydrogens (tertiary/aromatic N) is 5. The lowest BCUT2D eigenvalue weighted by Crippen LogP contribution is -2.50. The molecule has 2 aromatic rings. The molecule has 2 aromatic heterocycles. The predicted octanol–water partition coefficient (Wildman–Crippen LogP) is 3.18. The fourth-order valence-electron chi connectivity index (χ4n) is 3.74. The summed E-state index contributed by atoms with van der Waals surface area (Å²) in [5.41, 5.74) is 0.263. The quantitative estimate of drug-likeness (QED) is 0.713. The first-order valence-corrected chi connectivity index (χ1v) is 9.15. The summed E-state index contributed by atoms with van der Waals surface area (Å²) in [4.78, 5) is 29.6. The molecule has 2 aliphatic heterocycles. The fraction of sp³-hybridized carbons (Fsp3) is 0.556. The summed E-state index contributed by atoms with van der Waals surface area (Å²) >= 11 is 6.28. The fourth-order valence-corrected chi connectivity index (χ4v) is 4.02. The highest BCUT2D eigenvalue weighted by molar-refractivity contribution is 6.34. The Bertz CT molecular complexity index is 882. The van der Waals surface area contributed by atoms with E-state index in [1.165, 1.54) is 0 Å². The zero-order valence-electron chi connectivity index (χ0n) is 15.4. The number of carbonyl (C=O) groups excluding carboxylic acids is 1. The highest BCUT2D eigenvalue weighted by atomic mass is 35.5. The van der Waals surface area contributed by atoms with E-state index in [9.17, 15) is 4.79 Å². The Kier molecular flexibility index (Phi) is 3.95. The minimum Gasteiger partial charge on any atom is -0.444 e. The molecule has 26 heavy (non-hydrogen) atoms. The van der Waals surface area contributed by atoms with E-state index in [1.807, 2.05) is 38.7 Å². The Morgan fingerprint density at radius 3 is 2.69 bits per heavy atom. The summed E-state index contributed by atoms with van der Waals surface area (Å²) < 4.78 is 5.52. The van der Waals surface area contributed by atoms with E-state index in [2.05, 4.69) is 19.9 Å². The first kappa shape index (κ1) is 17.3. The number of hydrogen-bond acceptors (Lipinski definition) is 6. The molecule has 8 heteroatoms. The van der Waals surface area contributed by atoms with Crippen molar-refractivity contribution < 1.29 is 9.53 Å². The molecule has 0 unspecified atom stereocenters. The van der Waals surface area contributed by atoms with Gasteiger partial charge in [-0.25, -0.2) is 19.7 Å². The maximum absolute atomic E-state index is 12.4. The maximum atomic E-state index is 12.4. The van der Waals surface area contributed by atoms with Crippen LogP contribution in [-0.2, 0) is 4.74 Å². The van der Waals surface area contributed by atoms with Gasteiger partial charge in [0.05, 0.1) is 23.8 Å². The van der Waals surface area contributed by atoms with Gasteiger partial charge in [-0.1, -0.05) is 11.6 Å². The number of aryl methyl sites for hydroxylation is 1. The van der Waals surface area contributed by atoms with Crippen molar-refractivity contribution in [3.05, 3.63) is 23.2 Å². The minimum absolute atomic E-state index is 0.150. The number of halogens is 1. The number of piperazine rings is 1. The third-order valence-electron chi connectivity index (χ3n) is 4.80. The van der Waals surface area contributed by atoms with Crippen molar-refractivity contribution in [2.45, 2.75) is 51.8 Å². The van der Waals surface area contributed by atoms with Crippen LogP contribution in [0.3, 0.4) is 0 Å². The average molecular weight is 376 g/mol. The third kappa shape index (κ3) is 3.05. The molecule has 0 radical (unpaired) electrons. The van der Waals surface area contributed by atoms with Crippen LogP contribution >= 0.6 is 11.6 Å². The van der Waals surface area contributed by atoms with Crippen LogP contribution in [0.4, 0.5) is 10.6 Å². The summed E-state index contributed by atoms with van der Waals surface area (Å²) in [5.74, 6) is 1.48. The molecule has 0 aromatic carbocycles. The Morgan fingerprint density at radius 2 is 2.04 bits per heavy atom. The van der Waals surface area contributed by atoms with Gasteiger partial charge in [0, 0.05) is 18.5 Å². The highest BCUT2D eigenvalue weighted by Crippen LogP contribution is 2.35. The van der Waals surface area contributed by atoms with Gasteiger partial charge in [-0.3, -0.25) is 0 Å². The molecule has 4 heterocycles. The topological polar surface area (TPSA) is 71.5 Å². The number of likely N-dealkylation sites (tertiary alicyclic amines) is 1. The number of hydrogen-bond donors (Lipinski definition) is 0. The molecule has 2 saturated heterocycles. The second-order valence-electron chi connectivity index (χ2n) is 7.95. The van der Waals surface area contributed by atoms with Crippen molar-refractivity contribution in [3.63, 3.8) is 0 Å². The van der Waals surface area contributed by atoms with E-state index in [-0.39, 0.29) is 18.2 Å². The number of aromatic nitrogens is 3. The van der Waals surface area contributed by atoms with Crippen LogP contribution in [0.2, 0.25) is 5.15 Å². The van der Waals surface area contributed by atoms with Gasteiger partial charge in [-0.15, -0.1) is 0 Å². The van der Waals surface area contributed by atoms with Gasteiger partial charge in [0.2, 0.25) is 0 Å². The SMILES string of the molecule is Cc1nc(Cl)c2cc(N3C[C@@H]4C[C@H]3CN4C(=O)OC(C)(C)C)ncc2n1. The molecular weight excluding hydrogens is 354 g/mol. The van der Waals surface area contributed by atoms with Crippen molar-refractivity contribution in [2.24, 2.45) is 0 Å². The number of fused-ring (bicyclic) bond motifs is 3. The van der Waals surface area contributed by atoms with Crippen LogP contribution in [0.15, 0.2) is 12.3 Å². The van der Waals surface area contributed by atoms with E-state index in [4.69, 9.17) is 16.3 Å². The van der Waals surface area contributed by atoms with Crippen molar-refractivity contribution >= 4 is 34.4 Å². The number of amides is 1. The smallest absolute Gasteiger partial charge is 0.410 e. The van der Waals surface area contributed by atoms with Crippen LogP contribution < -0.4 is 4.90 Å². The van der Waals surface area contributed by atoms with Crippen LogP contribution in [0.25, 0.3) is 10.9 Å². The van der Waals surface area contributed by atoms with Crippen LogP contribution in [0, 0.1) is 6.92 Å². The van der Waals surface area contributed by atoms with Crippen molar-refractivity contribution in [3.8, 4) is 0 Å². The van der Waals surface area contributed by atoms with Crippen molar-refractivity contribution in [1.29, 1.82) is 0 Å². The normalized spacial score (nSPS) is 22.3. The van der Waals surface area contributed by atoms with Gasteiger partial charge in [0.25, 0.3) is 0 Å². The summed E-state index contributed by atoms with van der Waals surface area (Å²) in [7, 11) is 0. The lowest BCUT2D eigenvalue weighted by molar-refractivity contribution is 0.0214. The van der Waals surface area contributed by atoms with E-state index in [0.29, 0.717) is 17.5 Å². The van der Waals surface area contributed by atoms with E-state index < -0.39 is 5.60 Å². The molecule has 1 amide bonds. The molecule has 0 N–H and O–H groups in total. The summed E-state index contributed by atoms with van der Waals surface area (Å²) in [6.07, 6.45) is 2.43. The monoisotopic (exact) mass is 375 g/mol. The molecule has 2 bridgehead atoms. The molecule has 0 saturated carbocycles. The van der Waals surface area contributed by atoms with Gasteiger partial charge in [-0.2, -0.15) is 0 Å². The van der Waals surface area contributed by atoms with Crippen molar-refractivity contribution in [1.82, 2.24) is 19.9 Å². The minimum atomic E-state index is -0.479. The average Bonchev–Trinajstić information content (AvgIpc) is 3.13. The Morgan fingerprint density at radius 1 is 1.27 bits per heavy atom.